The molecule has 0 aromatic heterocycles. The highest BCUT2D eigenvalue weighted by molar-refractivity contribution is 9.11. The molecule has 2 aromatic carbocycles. The van der Waals surface area contributed by atoms with E-state index in [1.807, 2.05) is 0 Å². The molecule has 0 atom stereocenters. The number of rotatable bonds is 2. The van der Waals surface area contributed by atoms with Gasteiger partial charge in [-0.25, -0.2) is 8.78 Å². The first kappa shape index (κ1) is 14.9. The second kappa shape index (κ2) is 5.88. The van der Waals surface area contributed by atoms with E-state index in [0.29, 0.717) is 10.2 Å². The zero-order valence-corrected chi connectivity index (χ0v) is 13.1. The van der Waals surface area contributed by atoms with Crippen LogP contribution in [0.5, 0.6) is 0 Å². The van der Waals surface area contributed by atoms with E-state index in [-0.39, 0.29) is 15.7 Å². The van der Waals surface area contributed by atoms with E-state index in [9.17, 15) is 13.6 Å². The fourth-order valence-electron chi connectivity index (χ4n) is 1.53. The maximum atomic E-state index is 13.6. The Morgan fingerprint density at radius 3 is 2.55 bits per heavy atom. The number of amides is 1. The summed E-state index contributed by atoms with van der Waals surface area (Å²) in [5, 5.41) is 2.30. The predicted molar refractivity (Wildman–Crippen MR) is 80.6 cm³/mol. The minimum absolute atomic E-state index is 0.0156. The van der Waals surface area contributed by atoms with Crippen LogP contribution < -0.4 is 11.1 Å². The number of benzene rings is 2. The summed E-state index contributed by atoms with van der Waals surface area (Å²) < 4.78 is 27.4. The lowest BCUT2D eigenvalue weighted by Crippen LogP contribution is -2.14. The van der Waals surface area contributed by atoms with Gasteiger partial charge in [0.25, 0.3) is 5.91 Å². The molecular weight excluding hydrogens is 398 g/mol. The number of hydrogen-bond acceptors (Lipinski definition) is 2. The summed E-state index contributed by atoms with van der Waals surface area (Å²) in [5.41, 5.74) is 6.02. The van der Waals surface area contributed by atoms with Crippen molar-refractivity contribution in [3.05, 3.63) is 56.5 Å². The number of nitrogens with one attached hydrogen (secondary N) is 1. The van der Waals surface area contributed by atoms with Crippen LogP contribution in [0.15, 0.2) is 39.3 Å². The second-order valence-corrected chi connectivity index (χ2v) is 5.56. The van der Waals surface area contributed by atoms with E-state index in [1.54, 1.807) is 12.1 Å². The van der Waals surface area contributed by atoms with Gasteiger partial charge in [-0.2, -0.15) is 0 Å². The van der Waals surface area contributed by atoms with Gasteiger partial charge in [-0.1, -0.05) is 6.07 Å². The number of carbonyl (C=O) groups is 1. The van der Waals surface area contributed by atoms with Gasteiger partial charge in [0.1, 0.15) is 11.6 Å². The van der Waals surface area contributed by atoms with Crippen LogP contribution in [0.25, 0.3) is 0 Å². The van der Waals surface area contributed by atoms with Crippen LogP contribution in [0, 0.1) is 11.6 Å². The van der Waals surface area contributed by atoms with Crippen molar-refractivity contribution in [3.63, 3.8) is 0 Å². The van der Waals surface area contributed by atoms with Crippen LogP contribution in [-0.4, -0.2) is 5.91 Å². The van der Waals surface area contributed by atoms with Gasteiger partial charge in [0.15, 0.2) is 0 Å². The molecule has 1 amide bonds. The molecule has 0 bridgehead atoms. The highest BCUT2D eigenvalue weighted by atomic mass is 79.9. The molecule has 2 aromatic rings. The van der Waals surface area contributed by atoms with Crippen molar-refractivity contribution in [2.45, 2.75) is 0 Å². The van der Waals surface area contributed by atoms with Gasteiger partial charge in [-0.3, -0.25) is 4.79 Å². The highest BCUT2D eigenvalue weighted by Crippen LogP contribution is 2.27. The molecule has 7 heteroatoms. The number of nitrogen functional groups attached to an aromatic ring is 1. The summed E-state index contributed by atoms with van der Waals surface area (Å²) in [6.45, 7) is 0. The Balaban J connectivity index is 2.33. The maximum Gasteiger partial charge on any atom is 0.256 e. The number of carbonyl (C=O) groups excluding carboxylic acids is 1. The quantitative estimate of drug-likeness (QED) is 0.577. The molecule has 3 nitrogen and oxygen atoms in total. The average Bonchev–Trinajstić information content (AvgIpc) is 2.39. The topological polar surface area (TPSA) is 55.1 Å². The van der Waals surface area contributed by atoms with Crippen molar-refractivity contribution in [1.29, 1.82) is 0 Å². The summed E-state index contributed by atoms with van der Waals surface area (Å²) >= 11 is 6.04. The number of halogens is 4. The summed E-state index contributed by atoms with van der Waals surface area (Å²) in [6.07, 6.45) is 0. The molecule has 0 spiro atoms. The van der Waals surface area contributed by atoms with E-state index in [4.69, 9.17) is 5.73 Å². The highest BCUT2D eigenvalue weighted by Gasteiger charge is 2.15. The molecule has 0 aliphatic rings. The lowest BCUT2D eigenvalue weighted by atomic mass is 10.2. The largest absolute Gasteiger partial charge is 0.398 e. The number of anilines is 2. The van der Waals surface area contributed by atoms with Gasteiger partial charge in [-0.15, -0.1) is 0 Å². The van der Waals surface area contributed by atoms with Crippen LogP contribution in [0.3, 0.4) is 0 Å². The smallest absolute Gasteiger partial charge is 0.256 e. The first-order valence-corrected chi connectivity index (χ1v) is 6.98. The fraction of sp³-hybridized carbons (Fsp3) is 0. The van der Waals surface area contributed by atoms with Crippen molar-refractivity contribution in [1.82, 2.24) is 0 Å². The van der Waals surface area contributed by atoms with Crippen LogP contribution in [-0.2, 0) is 0 Å². The summed E-state index contributed by atoms with van der Waals surface area (Å²) in [6, 6.07) is 6.56. The molecule has 3 N–H and O–H groups in total. The molecule has 2 rings (SSSR count). The predicted octanol–water partition coefficient (Wildman–Crippen LogP) is 4.32. The third-order valence-electron chi connectivity index (χ3n) is 2.53. The fourth-order valence-corrected chi connectivity index (χ4v) is 2.29. The normalized spacial score (nSPS) is 10.4. The van der Waals surface area contributed by atoms with Crippen molar-refractivity contribution in [2.75, 3.05) is 11.1 Å². The van der Waals surface area contributed by atoms with Crippen LogP contribution in [0.1, 0.15) is 10.4 Å². The Kier molecular flexibility index (Phi) is 4.39. The SMILES string of the molecule is Nc1cccc(C(=O)Nc2cc(F)c(Br)cc2F)c1Br. The third kappa shape index (κ3) is 2.99. The first-order chi connectivity index (χ1) is 9.40. The molecule has 0 heterocycles. The molecule has 0 fully saturated rings. The Morgan fingerprint density at radius 1 is 1.15 bits per heavy atom. The summed E-state index contributed by atoms with van der Waals surface area (Å²) in [5.74, 6) is -2.01. The lowest BCUT2D eigenvalue weighted by Gasteiger charge is -2.09. The van der Waals surface area contributed by atoms with Gasteiger partial charge < -0.3 is 11.1 Å². The van der Waals surface area contributed by atoms with E-state index >= 15 is 0 Å². The minimum atomic E-state index is -0.744. The third-order valence-corrected chi connectivity index (χ3v) is 4.02. The van der Waals surface area contributed by atoms with Crippen LogP contribution >= 0.6 is 31.9 Å². The molecule has 0 saturated carbocycles. The zero-order valence-electron chi connectivity index (χ0n) is 9.88. The Bertz CT molecular complexity index is 692. The standard InChI is InChI=1S/C13H8Br2F2N2O/c14-7-4-9(17)11(5-8(7)16)19-13(20)6-2-1-3-10(18)12(6)15/h1-5H,18H2,(H,19,20). The molecule has 0 aliphatic heterocycles. The molecule has 0 aliphatic carbocycles. The number of nitrogens with two attached hydrogens (primary N) is 1. The summed E-state index contributed by atoms with van der Waals surface area (Å²) in [4.78, 5) is 12.0. The van der Waals surface area contributed by atoms with E-state index in [1.165, 1.54) is 6.07 Å². The average molecular weight is 406 g/mol. The molecule has 0 saturated heterocycles. The first-order valence-electron chi connectivity index (χ1n) is 5.40. The Labute approximate surface area is 130 Å². The van der Waals surface area contributed by atoms with E-state index in [0.717, 1.165) is 12.1 Å². The molecular formula is C13H8Br2F2N2O. The van der Waals surface area contributed by atoms with Gasteiger partial charge in [0.05, 0.1) is 20.2 Å². The van der Waals surface area contributed by atoms with Crippen molar-refractivity contribution in [3.8, 4) is 0 Å². The molecule has 20 heavy (non-hydrogen) atoms. The van der Waals surface area contributed by atoms with Crippen molar-refractivity contribution in [2.24, 2.45) is 0 Å². The lowest BCUT2D eigenvalue weighted by molar-refractivity contribution is 0.102. The second-order valence-electron chi connectivity index (χ2n) is 3.91. The van der Waals surface area contributed by atoms with Crippen LogP contribution in [0.2, 0.25) is 0 Å². The monoisotopic (exact) mass is 404 g/mol. The van der Waals surface area contributed by atoms with Gasteiger partial charge in [0.2, 0.25) is 0 Å². The van der Waals surface area contributed by atoms with Gasteiger partial charge in [-0.05, 0) is 50.1 Å². The Morgan fingerprint density at radius 2 is 1.85 bits per heavy atom. The Hall–Kier alpha value is -1.47. The minimum Gasteiger partial charge on any atom is -0.398 e. The van der Waals surface area contributed by atoms with Crippen LogP contribution in [0.4, 0.5) is 20.2 Å². The summed E-state index contributed by atoms with van der Waals surface area (Å²) in [7, 11) is 0. The van der Waals surface area contributed by atoms with E-state index < -0.39 is 17.5 Å². The van der Waals surface area contributed by atoms with Crippen molar-refractivity contribution >= 4 is 49.1 Å². The molecule has 0 radical (unpaired) electrons. The molecule has 104 valence electrons. The van der Waals surface area contributed by atoms with Crippen molar-refractivity contribution < 1.29 is 13.6 Å². The van der Waals surface area contributed by atoms with E-state index in [2.05, 4.69) is 37.2 Å². The number of hydrogen-bond donors (Lipinski definition) is 2. The zero-order chi connectivity index (χ0) is 14.9. The molecule has 0 unspecified atom stereocenters. The van der Waals surface area contributed by atoms with Gasteiger partial charge >= 0.3 is 0 Å². The van der Waals surface area contributed by atoms with Gasteiger partial charge in [0, 0.05) is 11.8 Å². The maximum absolute atomic E-state index is 13.6.